The van der Waals surface area contributed by atoms with Crippen molar-refractivity contribution in [2.24, 2.45) is 17.6 Å². The first-order valence-electron chi connectivity index (χ1n) is 7.72. The third kappa shape index (κ3) is 5.87. The zero-order valence-electron chi connectivity index (χ0n) is 12.0. The summed E-state index contributed by atoms with van der Waals surface area (Å²) in [4.78, 5) is 2.70. The Labute approximate surface area is 108 Å². The molecule has 1 fully saturated rings. The lowest BCUT2D eigenvalue weighted by Gasteiger charge is -2.34. The highest BCUT2D eigenvalue weighted by Gasteiger charge is 2.21. The monoisotopic (exact) mass is 240 g/mol. The molecule has 1 heterocycles. The summed E-state index contributed by atoms with van der Waals surface area (Å²) in [6.45, 7) is 9.47. The first-order chi connectivity index (χ1) is 8.30. The molecule has 0 radical (unpaired) electrons. The van der Waals surface area contributed by atoms with Crippen LogP contribution in [0, 0.1) is 11.8 Å². The van der Waals surface area contributed by atoms with Crippen molar-refractivity contribution in [1.82, 2.24) is 4.90 Å². The summed E-state index contributed by atoms with van der Waals surface area (Å²) in [5.41, 5.74) is 5.68. The molecule has 2 unspecified atom stereocenters. The summed E-state index contributed by atoms with van der Waals surface area (Å²) in [7, 11) is 0. The van der Waals surface area contributed by atoms with Gasteiger partial charge in [-0.1, -0.05) is 33.1 Å². The molecular formula is C15H32N2. The number of nitrogens with two attached hydrogens (primary N) is 1. The van der Waals surface area contributed by atoms with Crippen LogP contribution >= 0.6 is 0 Å². The largest absolute Gasteiger partial charge is 0.330 e. The molecule has 1 saturated heterocycles. The van der Waals surface area contributed by atoms with E-state index in [0.717, 1.165) is 18.4 Å². The van der Waals surface area contributed by atoms with E-state index in [1.54, 1.807) is 0 Å². The second-order valence-electron chi connectivity index (χ2n) is 5.76. The van der Waals surface area contributed by atoms with Gasteiger partial charge >= 0.3 is 0 Å². The Morgan fingerprint density at radius 3 is 2.82 bits per heavy atom. The minimum Gasteiger partial charge on any atom is -0.330 e. The van der Waals surface area contributed by atoms with E-state index < -0.39 is 0 Å². The molecule has 0 saturated carbocycles. The van der Waals surface area contributed by atoms with Gasteiger partial charge in [0.05, 0.1) is 0 Å². The molecule has 0 aromatic heterocycles. The van der Waals surface area contributed by atoms with Gasteiger partial charge in [-0.2, -0.15) is 0 Å². The van der Waals surface area contributed by atoms with Crippen LogP contribution in [0.3, 0.4) is 0 Å². The maximum atomic E-state index is 5.68. The topological polar surface area (TPSA) is 29.3 Å². The van der Waals surface area contributed by atoms with Crippen LogP contribution in [0.5, 0.6) is 0 Å². The Balaban J connectivity index is 2.27. The zero-order chi connectivity index (χ0) is 12.5. The number of nitrogens with zero attached hydrogens (tertiary/aromatic N) is 1. The molecule has 0 bridgehead atoms. The van der Waals surface area contributed by atoms with E-state index in [2.05, 4.69) is 18.7 Å². The number of likely N-dealkylation sites (tertiary alicyclic amines) is 1. The minimum atomic E-state index is 0.867. The molecule has 1 rings (SSSR count). The summed E-state index contributed by atoms with van der Waals surface area (Å²) in [5.74, 6) is 1.80. The standard InChI is InChI=1S/C15H32N2/c1-3-5-7-14(4-2)12-17-11-6-8-15(13-17)9-10-16/h14-15H,3-13,16H2,1-2H3. The van der Waals surface area contributed by atoms with Crippen molar-refractivity contribution in [2.75, 3.05) is 26.2 Å². The molecule has 0 amide bonds. The Hall–Kier alpha value is -0.0800. The van der Waals surface area contributed by atoms with Gasteiger partial charge in [0.1, 0.15) is 0 Å². The van der Waals surface area contributed by atoms with E-state index in [1.165, 1.54) is 64.6 Å². The fraction of sp³-hybridized carbons (Fsp3) is 1.00. The number of hydrogen-bond acceptors (Lipinski definition) is 2. The maximum absolute atomic E-state index is 5.68. The number of hydrogen-bond donors (Lipinski definition) is 1. The van der Waals surface area contributed by atoms with Crippen molar-refractivity contribution in [3.05, 3.63) is 0 Å². The van der Waals surface area contributed by atoms with Crippen molar-refractivity contribution < 1.29 is 0 Å². The van der Waals surface area contributed by atoms with Gasteiger partial charge in [0.25, 0.3) is 0 Å². The van der Waals surface area contributed by atoms with Crippen molar-refractivity contribution >= 4 is 0 Å². The van der Waals surface area contributed by atoms with Crippen LogP contribution in [0.2, 0.25) is 0 Å². The molecule has 102 valence electrons. The van der Waals surface area contributed by atoms with E-state index >= 15 is 0 Å². The second-order valence-corrected chi connectivity index (χ2v) is 5.76. The average Bonchev–Trinajstić information content (AvgIpc) is 2.35. The fourth-order valence-corrected chi connectivity index (χ4v) is 3.07. The van der Waals surface area contributed by atoms with E-state index in [4.69, 9.17) is 5.73 Å². The summed E-state index contributed by atoms with van der Waals surface area (Å²) in [6.07, 6.45) is 9.52. The molecule has 1 aliphatic rings. The van der Waals surface area contributed by atoms with Gasteiger partial charge in [0.15, 0.2) is 0 Å². The van der Waals surface area contributed by atoms with Gasteiger partial charge < -0.3 is 10.6 Å². The number of rotatable bonds is 8. The van der Waals surface area contributed by atoms with Crippen molar-refractivity contribution in [1.29, 1.82) is 0 Å². The normalized spacial score (nSPS) is 23.8. The van der Waals surface area contributed by atoms with Crippen LogP contribution in [0.4, 0.5) is 0 Å². The van der Waals surface area contributed by atoms with E-state index in [0.29, 0.717) is 0 Å². The fourth-order valence-electron chi connectivity index (χ4n) is 3.07. The van der Waals surface area contributed by atoms with Gasteiger partial charge in [-0.3, -0.25) is 0 Å². The lowest BCUT2D eigenvalue weighted by atomic mass is 9.92. The molecule has 0 aromatic carbocycles. The zero-order valence-corrected chi connectivity index (χ0v) is 12.0. The number of unbranched alkanes of at least 4 members (excludes halogenated alkanes) is 1. The summed E-state index contributed by atoms with van der Waals surface area (Å²) >= 11 is 0. The molecule has 2 N–H and O–H groups in total. The Morgan fingerprint density at radius 2 is 2.18 bits per heavy atom. The molecule has 0 spiro atoms. The summed E-state index contributed by atoms with van der Waals surface area (Å²) in [6, 6.07) is 0. The molecule has 2 nitrogen and oxygen atoms in total. The van der Waals surface area contributed by atoms with Crippen LogP contribution in [-0.4, -0.2) is 31.1 Å². The van der Waals surface area contributed by atoms with Gasteiger partial charge in [-0.15, -0.1) is 0 Å². The smallest absolute Gasteiger partial charge is 0.00103 e. The highest BCUT2D eigenvalue weighted by molar-refractivity contribution is 4.75. The summed E-state index contributed by atoms with van der Waals surface area (Å²) < 4.78 is 0. The van der Waals surface area contributed by atoms with Gasteiger partial charge in [-0.05, 0) is 50.6 Å². The SMILES string of the molecule is CCCCC(CC)CN1CCCC(CCN)C1. The van der Waals surface area contributed by atoms with Crippen LogP contribution in [0.25, 0.3) is 0 Å². The van der Waals surface area contributed by atoms with Crippen molar-refractivity contribution in [3.8, 4) is 0 Å². The lowest BCUT2D eigenvalue weighted by molar-refractivity contribution is 0.142. The third-order valence-corrected chi connectivity index (χ3v) is 4.24. The van der Waals surface area contributed by atoms with Gasteiger partial charge in [-0.25, -0.2) is 0 Å². The van der Waals surface area contributed by atoms with Crippen molar-refractivity contribution in [2.45, 2.75) is 58.8 Å². The van der Waals surface area contributed by atoms with Crippen LogP contribution in [-0.2, 0) is 0 Å². The highest BCUT2D eigenvalue weighted by atomic mass is 15.1. The quantitative estimate of drug-likeness (QED) is 0.705. The van der Waals surface area contributed by atoms with E-state index in [9.17, 15) is 0 Å². The Bertz CT molecular complexity index is 180. The Kier molecular flexibility index (Phi) is 7.87. The predicted octanol–water partition coefficient (Wildman–Crippen LogP) is 3.26. The average molecular weight is 240 g/mol. The molecule has 0 aliphatic carbocycles. The van der Waals surface area contributed by atoms with Crippen molar-refractivity contribution in [3.63, 3.8) is 0 Å². The Morgan fingerprint density at radius 1 is 1.35 bits per heavy atom. The minimum absolute atomic E-state index is 0.867. The number of piperidine rings is 1. The van der Waals surface area contributed by atoms with Crippen LogP contribution in [0.15, 0.2) is 0 Å². The second kappa shape index (κ2) is 8.93. The van der Waals surface area contributed by atoms with Gasteiger partial charge in [0, 0.05) is 13.1 Å². The third-order valence-electron chi connectivity index (χ3n) is 4.24. The van der Waals surface area contributed by atoms with Crippen LogP contribution < -0.4 is 5.73 Å². The first-order valence-corrected chi connectivity index (χ1v) is 7.72. The van der Waals surface area contributed by atoms with Gasteiger partial charge in [0.2, 0.25) is 0 Å². The summed E-state index contributed by atoms with van der Waals surface area (Å²) in [5, 5.41) is 0. The molecule has 17 heavy (non-hydrogen) atoms. The molecule has 1 aliphatic heterocycles. The van der Waals surface area contributed by atoms with E-state index in [1.807, 2.05) is 0 Å². The maximum Gasteiger partial charge on any atom is 0.00103 e. The van der Waals surface area contributed by atoms with E-state index in [-0.39, 0.29) is 0 Å². The lowest BCUT2D eigenvalue weighted by Crippen LogP contribution is -2.39. The molecule has 2 heteroatoms. The first kappa shape index (κ1) is 15.0. The van der Waals surface area contributed by atoms with Crippen LogP contribution in [0.1, 0.15) is 58.8 Å². The molecule has 2 atom stereocenters. The molecular weight excluding hydrogens is 208 g/mol. The highest BCUT2D eigenvalue weighted by Crippen LogP contribution is 2.22. The molecule has 0 aromatic rings. The predicted molar refractivity (Wildman–Crippen MR) is 76.1 cm³/mol.